The van der Waals surface area contributed by atoms with Crippen molar-refractivity contribution in [1.29, 1.82) is 0 Å². The second kappa shape index (κ2) is 13.9. The highest BCUT2D eigenvalue weighted by molar-refractivity contribution is 5.97. The van der Waals surface area contributed by atoms with Crippen molar-refractivity contribution in [3.8, 4) is 11.5 Å². The maximum Gasteiger partial charge on any atom is 0.326 e. The molecule has 14 nitrogen and oxygen atoms in total. The minimum Gasteiger partial charge on any atom is -0.457 e. The Morgan fingerprint density at radius 2 is 1.80 bits per heavy atom. The minimum atomic E-state index is -1.31. The van der Waals surface area contributed by atoms with Crippen LogP contribution in [0.5, 0.6) is 11.5 Å². The van der Waals surface area contributed by atoms with Gasteiger partial charge in [0.2, 0.25) is 0 Å². The van der Waals surface area contributed by atoms with Crippen LogP contribution >= 0.6 is 0 Å². The Morgan fingerprint density at radius 1 is 1.00 bits per heavy atom. The van der Waals surface area contributed by atoms with Crippen LogP contribution in [-0.2, 0) is 17.8 Å². The van der Waals surface area contributed by atoms with Crippen molar-refractivity contribution in [2.24, 2.45) is 0 Å². The van der Waals surface area contributed by atoms with Crippen molar-refractivity contribution in [1.82, 2.24) is 34.4 Å². The van der Waals surface area contributed by atoms with Gasteiger partial charge in [-0.2, -0.15) is 0 Å². The summed E-state index contributed by atoms with van der Waals surface area (Å²) in [5.41, 5.74) is 3.28. The highest BCUT2D eigenvalue weighted by Crippen LogP contribution is 2.32. The Morgan fingerprint density at radius 3 is 2.59 bits per heavy atom. The van der Waals surface area contributed by atoms with Crippen LogP contribution in [0.25, 0.3) is 22.2 Å². The average molecular weight is 665 g/mol. The second-order valence-corrected chi connectivity index (χ2v) is 11.9. The van der Waals surface area contributed by atoms with Crippen LogP contribution in [0.4, 0.5) is 5.82 Å². The van der Waals surface area contributed by atoms with Gasteiger partial charge in [0.1, 0.15) is 36.1 Å². The Kier molecular flexibility index (Phi) is 9.07. The lowest BCUT2D eigenvalue weighted by Crippen LogP contribution is -2.39. The SMILES string of the molecule is CCCCn1c(=O)[nH]c2cc(C(=O)NC[C@H]3O[C@@H](n4cnc5c(NCc6ccc(Oc7ccccc7)cc6)ncnc54)[C@H](O)[C@@H]3O)ccc21. The second-order valence-electron chi connectivity index (χ2n) is 11.9. The maximum atomic E-state index is 13.0. The van der Waals surface area contributed by atoms with Gasteiger partial charge in [-0.15, -0.1) is 0 Å². The molecule has 14 heteroatoms. The summed E-state index contributed by atoms with van der Waals surface area (Å²) in [4.78, 5) is 41.4. The van der Waals surface area contributed by atoms with Crippen LogP contribution in [0.15, 0.2) is 90.2 Å². The van der Waals surface area contributed by atoms with Gasteiger partial charge in [0.25, 0.3) is 5.91 Å². The number of amides is 1. The van der Waals surface area contributed by atoms with E-state index in [0.29, 0.717) is 41.2 Å². The molecule has 7 rings (SSSR count). The van der Waals surface area contributed by atoms with Crippen LogP contribution in [0.1, 0.15) is 41.9 Å². The number of imidazole rings is 2. The summed E-state index contributed by atoms with van der Waals surface area (Å²) in [6, 6.07) is 22.3. The number of anilines is 1. The van der Waals surface area contributed by atoms with Gasteiger partial charge in [-0.25, -0.2) is 19.7 Å². The topological polar surface area (TPSA) is 181 Å². The van der Waals surface area contributed by atoms with Gasteiger partial charge >= 0.3 is 5.69 Å². The van der Waals surface area contributed by atoms with Crippen LogP contribution in [0.2, 0.25) is 0 Å². The van der Waals surface area contributed by atoms with Gasteiger partial charge in [-0.3, -0.25) is 13.9 Å². The predicted molar refractivity (Wildman–Crippen MR) is 181 cm³/mol. The molecule has 4 atom stereocenters. The van der Waals surface area contributed by atoms with E-state index in [2.05, 4.69) is 37.5 Å². The molecule has 49 heavy (non-hydrogen) atoms. The van der Waals surface area contributed by atoms with E-state index in [1.54, 1.807) is 27.3 Å². The van der Waals surface area contributed by atoms with E-state index in [1.807, 2.05) is 54.6 Å². The molecule has 0 radical (unpaired) electrons. The van der Waals surface area contributed by atoms with Gasteiger partial charge in [0.05, 0.1) is 17.4 Å². The lowest BCUT2D eigenvalue weighted by atomic mass is 10.1. The standard InChI is InChI=1S/C35H36N8O6/c1-2-3-15-42-26-14-11-22(16-25(26)41-35(42)47)33(46)37-18-27-29(44)30(45)34(49-27)43-20-40-28-31(38-19-39-32(28)43)36-17-21-9-12-24(13-10-21)48-23-7-5-4-6-8-23/h4-14,16,19-20,27,29-30,34,44-45H,2-3,15,17-18H2,1H3,(H,37,46)(H,41,47)(H,36,38,39)/t27-,29-,30-,34-/m1/s1. The van der Waals surface area contributed by atoms with Crippen molar-refractivity contribution in [2.45, 2.75) is 57.4 Å². The fraction of sp³-hybridized carbons (Fsp3) is 0.286. The molecule has 4 heterocycles. The van der Waals surface area contributed by atoms with Gasteiger partial charge in [-0.1, -0.05) is 43.7 Å². The summed E-state index contributed by atoms with van der Waals surface area (Å²) in [6.07, 6.45) is 0.165. The van der Waals surface area contributed by atoms with E-state index < -0.39 is 30.4 Å². The highest BCUT2D eigenvalue weighted by Gasteiger charge is 2.44. The van der Waals surface area contributed by atoms with E-state index in [9.17, 15) is 19.8 Å². The highest BCUT2D eigenvalue weighted by atomic mass is 16.6. The number of unbranched alkanes of at least 4 members (excludes halogenated alkanes) is 1. The molecule has 1 aliphatic heterocycles. The van der Waals surface area contributed by atoms with Crippen LogP contribution in [0.3, 0.4) is 0 Å². The van der Waals surface area contributed by atoms with Gasteiger partial charge < -0.3 is 35.3 Å². The molecule has 0 saturated carbocycles. The zero-order chi connectivity index (χ0) is 33.9. The molecular weight excluding hydrogens is 628 g/mol. The van der Waals surface area contributed by atoms with E-state index >= 15 is 0 Å². The fourth-order valence-electron chi connectivity index (χ4n) is 5.92. The zero-order valence-corrected chi connectivity index (χ0v) is 26.7. The number of aliphatic hydroxyl groups is 2. The molecule has 1 amide bonds. The summed E-state index contributed by atoms with van der Waals surface area (Å²) in [6.45, 7) is 3.04. The Labute approximate surface area is 280 Å². The third-order valence-electron chi connectivity index (χ3n) is 8.57. The quantitative estimate of drug-likeness (QED) is 0.129. The third kappa shape index (κ3) is 6.61. The molecule has 3 aromatic heterocycles. The van der Waals surface area contributed by atoms with Crippen LogP contribution < -0.4 is 21.1 Å². The Balaban J connectivity index is 0.986. The number of benzene rings is 3. The van der Waals surface area contributed by atoms with Crippen LogP contribution in [-0.4, -0.2) is 70.0 Å². The Bertz CT molecular complexity index is 2130. The summed E-state index contributed by atoms with van der Waals surface area (Å²) in [7, 11) is 0. The molecule has 0 unspecified atom stereocenters. The molecule has 1 aliphatic rings. The first-order valence-electron chi connectivity index (χ1n) is 16.1. The third-order valence-corrected chi connectivity index (χ3v) is 8.57. The monoisotopic (exact) mass is 664 g/mol. The number of carbonyl (C=O) groups is 1. The number of hydrogen-bond donors (Lipinski definition) is 5. The molecular formula is C35H36N8O6. The molecule has 1 saturated heterocycles. The molecule has 252 valence electrons. The van der Waals surface area contributed by atoms with Gasteiger partial charge in [-0.05, 0) is 54.4 Å². The smallest absolute Gasteiger partial charge is 0.326 e. The molecule has 6 aromatic rings. The molecule has 3 aromatic carbocycles. The molecule has 5 N–H and O–H groups in total. The first kappa shape index (κ1) is 32.0. The molecule has 1 fully saturated rings. The number of aromatic amines is 1. The van der Waals surface area contributed by atoms with Crippen LogP contribution in [0, 0.1) is 0 Å². The van der Waals surface area contributed by atoms with Gasteiger partial charge in [0.15, 0.2) is 23.2 Å². The van der Waals surface area contributed by atoms with E-state index in [1.165, 1.54) is 12.7 Å². The summed E-state index contributed by atoms with van der Waals surface area (Å²) in [5.74, 6) is 1.56. The number of aromatic nitrogens is 6. The number of para-hydroxylation sites is 1. The normalized spacial score (nSPS) is 19.0. The van der Waals surface area contributed by atoms with Crippen molar-refractivity contribution in [3.05, 3.63) is 107 Å². The van der Waals surface area contributed by atoms with E-state index in [-0.39, 0.29) is 12.2 Å². The van der Waals surface area contributed by atoms with Crippen molar-refractivity contribution < 1.29 is 24.5 Å². The number of fused-ring (bicyclic) bond motifs is 2. The summed E-state index contributed by atoms with van der Waals surface area (Å²) in [5, 5.41) is 27.8. The van der Waals surface area contributed by atoms with E-state index in [4.69, 9.17) is 9.47 Å². The fourth-order valence-corrected chi connectivity index (χ4v) is 5.92. The Hall–Kier alpha value is -5.57. The number of aliphatic hydroxyl groups excluding tert-OH is 2. The molecule has 0 aliphatic carbocycles. The number of aryl methyl sites for hydroxylation is 1. The first-order valence-corrected chi connectivity index (χ1v) is 16.1. The number of H-pyrrole nitrogens is 1. The minimum absolute atomic E-state index is 0.0662. The maximum absolute atomic E-state index is 13.0. The number of nitrogens with zero attached hydrogens (tertiary/aromatic N) is 5. The zero-order valence-electron chi connectivity index (χ0n) is 26.7. The average Bonchev–Trinajstić information content (AvgIpc) is 3.78. The van der Waals surface area contributed by atoms with Crippen molar-refractivity contribution >= 4 is 33.9 Å². The summed E-state index contributed by atoms with van der Waals surface area (Å²) < 4.78 is 15.1. The van der Waals surface area contributed by atoms with Crippen molar-refractivity contribution in [2.75, 3.05) is 11.9 Å². The largest absolute Gasteiger partial charge is 0.457 e. The van der Waals surface area contributed by atoms with Gasteiger partial charge in [0, 0.05) is 25.2 Å². The number of rotatable bonds is 12. The van der Waals surface area contributed by atoms with Crippen molar-refractivity contribution in [3.63, 3.8) is 0 Å². The number of nitrogens with one attached hydrogen (secondary N) is 3. The molecule has 0 spiro atoms. The number of carbonyl (C=O) groups excluding carboxylic acids is 1. The lowest BCUT2D eigenvalue weighted by molar-refractivity contribution is -0.0337. The number of hydrogen-bond acceptors (Lipinski definition) is 10. The molecule has 0 bridgehead atoms. The summed E-state index contributed by atoms with van der Waals surface area (Å²) >= 11 is 0. The lowest BCUT2D eigenvalue weighted by Gasteiger charge is -2.16. The first-order chi connectivity index (χ1) is 23.9. The van der Waals surface area contributed by atoms with E-state index in [0.717, 1.165) is 35.4 Å². The predicted octanol–water partition coefficient (Wildman–Crippen LogP) is 3.72. The number of ether oxygens (including phenoxy) is 2.